The third-order valence-corrected chi connectivity index (χ3v) is 8.09. The summed E-state index contributed by atoms with van der Waals surface area (Å²) >= 11 is 1.11. The molecule has 1 N–H and O–H groups in total. The molecule has 0 spiro atoms. The molecule has 2 aromatic carbocycles. The van der Waals surface area contributed by atoms with Gasteiger partial charge in [-0.15, -0.1) is 10.2 Å². The van der Waals surface area contributed by atoms with Crippen LogP contribution in [0.3, 0.4) is 0 Å². The van der Waals surface area contributed by atoms with E-state index < -0.39 is 10.0 Å². The van der Waals surface area contributed by atoms with Crippen molar-refractivity contribution in [2.75, 3.05) is 37.4 Å². The molecular weight excluding hydrogens is 480 g/mol. The molecule has 3 aromatic rings. The molecular formula is C22H22N4O6S2. The Balaban J connectivity index is 1.18. The van der Waals surface area contributed by atoms with E-state index in [-0.39, 0.29) is 27.7 Å². The predicted molar refractivity (Wildman–Crippen MR) is 125 cm³/mol. The van der Waals surface area contributed by atoms with Crippen molar-refractivity contribution in [1.29, 1.82) is 0 Å². The Morgan fingerprint density at radius 2 is 1.74 bits per heavy atom. The van der Waals surface area contributed by atoms with Gasteiger partial charge >= 0.3 is 0 Å². The predicted octanol–water partition coefficient (Wildman–Crippen LogP) is 3.02. The highest BCUT2D eigenvalue weighted by Crippen LogP contribution is 2.33. The van der Waals surface area contributed by atoms with E-state index in [1.807, 2.05) is 0 Å². The van der Waals surface area contributed by atoms with E-state index in [0.717, 1.165) is 24.6 Å². The number of nitrogens with one attached hydrogen (secondary N) is 1. The monoisotopic (exact) mass is 502 g/mol. The fourth-order valence-corrected chi connectivity index (χ4v) is 5.76. The maximum absolute atomic E-state index is 12.7. The number of carbonyl (C=O) groups excluding carboxylic acids is 1. The van der Waals surface area contributed by atoms with Crippen molar-refractivity contribution in [3.05, 3.63) is 42.5 Å². The van der Waals surface area contributed by atoms with Gasteiger partial charge in [-0.1, -0.05) is 11.8 Å². The number of aromatic nitrogens is 2. The Labute approximate surface area is 200 Å². The minimum atomic E-state index is -3.48. The van der Waals surface area contributed by atoms with E-state index >= 15 is 0 Å². The zero-order valence-electron chi connectivity index (χ0n) is 18.1. The Bertz CT molecular complexity index is 1290. The summed E-state index contributed by atoms with van der Waals surface area (Å²) in [4.78, 5) is 12.6. The van der Waals surface area contributed by atoms with Gasteiger partial charge < -0.3 is 19.2 Å². The van der Waals surface area contributed by atoms with Crippen LogP contribution in [-0.4, -0.2) is 60.9 Å². The van der Waals surface area contributed by atoms with Gasteiger partial charge in [0.1, 0.15) is 13.2 Å². The number of benzene rings is 2. The van der Waals surface area contributed by atoms with Crippen molar-refractivity contribution in [2.45, 2.75) is 23.0 Å². The second kappa shape index (κ2) is 9.65. The Morgan fingerprint density at radius 3 is 2.50 bits per heavy atom. The molecule has 12 heteroatoms. The average Bonchev–Trinajstić information content (AvgIpc) is 3.56. The number of fused-ring (bicyclic) bond motifs is 1. The zero-order valence-corrected chi connectivity index (χ0v) is 19.7. The van der Waals surface area contributed by atoms with Crippen LogP contribution < -0.4 is 14.8 Å². The first-order valence-electron chi connectivity index (χ1n) is 10.8. The summed E-state index contributed by atoms with van der Waals surface area (Å²) in [5.41, 5.74) is 1.20. The van der Waals surface area contributed by atoms with Crippen LogP contribution in [0, 0.1) is 0 Å². The van der Waals surface area contributed by atoms with Crippen LogP contribution in [0.15, 0.2) is 57.0 Å². The summed E-state index contributed by atoms with van der Waals surface area (Å²) in [6, 6.07) is 11.6. The SMILES string of the molecule is O=C(CSc1nnc(-c2ccc(S(=O)(=O)N3CCCC3)cc2)o1)Nc1ccc2c(c1)OCCO2. The van der Waals surface area contributed by atoms with Gasteiger partial charge in [-0.2, -0.15) is 4.31 Å². The molecule has 0 atom stereocenters. The number of anilines is 1. The van der Waals surface area contributed by atoms with Crippen LogP contribution in [0.25, 0.3) is 11.5 Å². The Hall–Kier alpha value is -3.09. The van der Waals surface area contributed by atoms with Gasteiger partial charge in [0.15, 0.2) is 11.5 Å². The quantitative estimate of drug-likeness (QED) is 0.486. The Kier molecular flexibility index (Phi) is 6.44. The highest BCUT2D eigenvalue weighted by molar-refractivity contribution is 7.99. The van der Waals surface area contributed by atoms with E-state index in [1.54, 1.807) is 42.5 Å². The molecule has 5 rings (SSSR count). The second-order valence-corrected chi connectivity index (χ2v) is 10.6. The highest BCUT2D eigenvalue weighted by Gasteiger charge is 2.27. The number of ether oxygens (including phenoxy) is 2. The minimum Gasteiger partial charge on any atom is -0.486 e. The molecule has 0 saturated carbocycles. The summed E-state index contributed by atoms with van der Waals surface area (Å²) < 4.78 is 43.4. The average molecular weight is 503 g/mol. The summed E-state index contributed by atoms with van der Waals surface area (Å²) in [6.45, 7) is 2.08. The van der Waals surface area contributed by atoms with E-state index in [4.69, 9.17) is 13.9 Å². The molecule has 1 amide bonds. The molecule has 0 bridgehead atoms. The van der Waals surface area contributed by atoms with Gasteiger partial charge in [0.05, 0.1) is 10.6 Å². The van der Waals surface area contributed by atoms with Crippen LogP contribution in [0.2, 0.25) is 0 Å². The molecule has 1 aromatic heterocycles. The fourth-order valence-electron chi connectivity index (χ4n) is 3.68. The lowest BCUT2D eigenvalue weighted by molar-refractivity contribution is -0.113. The van der Waals surface area contributed by atoms with Crippen molar-refractivity contribution in [3.63, 3.8) is 0 Å². The molecule has 3 heterocycles. The standard InChI is InChI=1S/C22H22N4O6S2/c27-20(23-16-5-8-18-19(13-16)31-12-11-30-18)14-33-22-25-24-21(32-22)15-3-6-17(7-4-15)34(28,29)26-9-1-2-10-26/h3-8,13H,1-2,9-12,14H2,(H,23,27). The van der Waals surface area contributed by atoms with Crippen LogP contribution in [0.4, 0.5) is 5.69 Å². The molecule has 1 saturated heterocycles. The maximum atomic E-state index is 12.7. The molecule has 34 heavy (non-hydrogen) atoms. The van der Waals surface area contributed by atoms with Gasteiger partial charge in [-0.25, -0.2) is 8.42 Å². The summed E-state index contributed by atoms with van der Waals surface area (Å²) in [7, 11) is -3.48. The van der Waals surface area contributed by atoms with Crippen LogP contribution in [0.5, 0.6) is 11.5 Å². The lowest BCUT2D eigenvalue weighted by atomic mass is 10.2. The molecule has 2 aliphatic rings. The van der Waals surface area contributed by atoms with E-state index in [2.05, 4.69) is 15.5 Å². The molecule has 0 radical (unpaired) electrons. The molecule has 2 aliphatic heterocycles. The second-order valence-electron chi connectivity index (χ2n) is 7.70. The summed E-state index contributed by atoms with van der Waals surface area (Å²) in [5, 5.41) is 11.0. The molecule has 0 aliphatic carbocycles. The largest absolute Gasteiger partial charge is 0.486 e. The maximum Gasteiger partial charge on any atom is 0.277 e. The smallest absolute Gasteiger partial charge is 0.277 e. The van der Waals surface area contributed by atoms with Gasteiger partial charge in [0, 0.05) is 30.4 Å². The minimum absolute atomic E-state index is 0.0725. The summed E-state index contributed by atoms with van der Waals surface area (Å²) in [5.74, 6) is 1.33. The third kappa shape index (κ3) is 4.88. The lowest BCUT2D eigenvalue weighted by Gasteiger charge is -2.18. The number of sulfonamides is 1. The first-order chi connectivity index (χ1) is 16.5. The number of nitrogens with zero attached hydrogens (tertiary/aromatic N) is 3. The first kappa shape index (κ1) is 22.7. The molecule has 10 nitrogen and oxygen atoms in total. The Morgan fingerprint density at radius 1 is 1.00 bits per heavy atom. The van der Waals surface area contributed by atoms with Crippen molar-refractivity contribution in [3.8, 4) is 23.0 Å². The number of hydrogen-bond acceptors (Lipinski definition) is 9. The van der Waals surface area contributed by atoms with Crippen LogP contribution in [-0.2, 0) is 14.8 Å². The van der Waals surface area contributed by atoms with Gasteiger partial charge in [0.2, 0.25) is 21.8 Å². The number of rotatable bonds is 7. The van der Waals surface area contributed by atoms with Gasteiger partial charge in [-0.05, 0) is 49.2 Å². The first-order valence-corrected chi connectivity index (χ1v) is 13.2. The number of hydrogen-bond donors (Lipinski definition) is 1. The number of carbonyl (C=O) groups is 1. The highest BCUT2D eigenvalue weighted by atomic mass is 32.2. The molecule has 0 unspecified atom stereocenters. The third-order valence-electron chi connectivity index (χ3n) is 5.36. The van der Waals surface area contributed by atoms with Crippen molar-refractivity contribution in [1.82, 2.24) is 14.5 Å². The summed E-state index contributed by atoms with van der Waals surface area (Å²) in [6.07, 6.45) is 1.77. The van der Waals surface area contributed by atoms with Crippen LogP contribution in [0.1, 0.15) is 12.8 Å². The number of amides is 1. The zero-order chi connectivity index (χ0) is 23.5. The normalized spacial score (nSPS) is 15.9. The fraction of sp³-hybridized carbons (Fsp3) is 0.318. The van der Waals surface area contributed by atoms with Crippen molar-refractivity contribution in [2.24, 2.45) is 0 Å². The van der Waals surface area contributed by atoms with Crippen molar-refractivity contribution < 1.29 is 27.1 Å². The molecule has 1 fully saturated rings. The van der Waals surface area contributed by atoms with Gasteiger partial charge in [0.25, 0.3) is 5.22 Å². The van der Waals surface area contributed by atoms with Gasteiger partial charge in [-0.3, -0.25) is 4.79 Å². The molecule has 178 valence electrons. The van der Waals surface area contributed by atoms with E-state index in [9.17, 15) is 13.2 Å². The number of thioether (sulfide) groups is 1. The van der Waals surface area contributed by atoms with E-state index in [0.29, 0.717) is 49.1 Å². The lowest BCUT2D eigenvalue weighted by Crippen LogP contribution is -2.27. The van der Waals surface area contributed by atoms with Crippen molar-refractivity contribution >= 4 is 33.4 Å². The van der Waals surface area contributed by atoms with E-state index in [1.165, 1.54) is 4.31 Å². The van der Waals surface area contributed by atoms with Crippen LogP contribution >= 0.6 is 11.8 Å². The topological polar surface area (TPSA) is 124 Å².